The summed E-state index contributed by atoms with van der Waals surface area (Å²) in [5, 5.41) is 0. The molecular weight excluding hydrogens is 209 g/mol. The SMILES string of the molecule is CCCI.[Na].[Na]. The zero-order valence-electron chi connectivity index (χ0n) is 4.79. The molecule has 0 spiro atoms. The van der Waals surface area contributed by atoms with Gasteiger partial charge >= 0.3 is 0 Å². The van der Waals surface area contributed by atoms with E-state index in [0.717, 1.165) is 0 Å². The van der Waals surface area contributed by atoms with E-state index in [1.807, 2.05) is 0 Å². The Balaban J connectivity index is -0.0000000450. The molecule has 0 bridgehead atoms. The van der Waals surface area contributed by atoms with Crippen LogP contribution in [0, 0.1) is 0 Å². The Labute approximate surface area is 97.6 Å². The van der Waals surface area contributed by atoms with Gasteiger partial charge < -0.3 is 0 Å². The molecule has 0 aliphatic rings. The van der Waals surface area contributed by atoms with Crippen LogP contribution in [-0.2, 0) is 0 Å². The number of hydrogen-bond acceptors (Lipinski definition) is 0. The maximum absolute atomic E-state index is 2.35. The molecular formula is C3H7INa2. The first-order valence-corrected chi connectivity index (χ1v) is 3.00. The van der Waals surface area contributed by atoms with Gasteiger partial charge in [0.25, 0.3) is 0 Å². The Morgan fingerprint density at radius 2 is 1.50 bits per heavy atom. The maximum Gasteiger partial charge on any atom is 0 e. The van der Waals surface area contributed by atoms with Crippen LogP contribution >= 0.6 is 22.6 Å². The molecule has 0 aromatic heterocycles. The summed E-state index contributed by atoms with van der Waals surface area (Å²) in [5.74, 6) is 0. The van der Waals surface area contributed by atoms with Crippen molar-refractivity contribution in [1.82, 2.24) is 0 Å². The molecule has 0 saturated carbocycles. The first kappa shape index (κ1) is 15.9. The normalized spacial score (nSPS) is 5.00. The topological polar surface area (TPSA) is 0 Å². The smallest absolute Gasteiger partial charge is 0 e. The molecule has 0 aromatic carbocycles. The summed E-state index contributed by atoms with van der Waals surface area (Å²) in [4.78, 5) is 0. The molecule has 3 heteroatoms. The number of rotatable bonds is 1. The van der Waals surface area contributed by atoms with E-state index in [1.165, 1.54) is 10.8 Å². The molecule has 0 heterocycles. The second-order valence-electron chi connectivity index (χ2n) is 0.689. The second-order valence-corrected chi connectivity index (χ2v) is 1.77. The van der Waals surface area contributed by atoms with Crippen LogP contribution in [-0.4, -0.2) is 63.5 Å². The van der Waals surface area contributed by atoms with Crippen molar-refractivity contribution in [2.45, 2.75) is 13.3 Å². The van der Waals surface area contributed by atoms with E-state index in [9.17, 15) is 0 Å². The molecule has 0 saturated heterocycles. The molecule has 0 N–H and O–H groups in total. The Morgan fingerprint density at radius 3 is 1.50 bits per heavy atom. The van der Waals surface area contributed by atoms with Crippen molar-refractivity contribution in [1.29, 1.82) is 0 Å². The Morgan fingerprint density at radius 1 is 1.33 bits per heavy atom. The standard InChI is InChI=1S/C3H7I.2Na/c1-2-3-4;;/h2-3H2,1H3;;. The van der Waals surface area contributed by atoms with Gasteiger partial charge in [-0.1, -0.05) is 29.5 Å². The van der Waals surface area contributed by atoms with Crippen LogP contribution in [0.25, 0.3) is 0 Å². The third-order valence-corrected chi connectivity index (χ3v) is 1.27. The number of hydrogen-bond donors (Lipinski definition) is 0. The van der Waals surface area contributed by atoms with Gasteiger partial charge in [0.05, 0.1) is 0 Å². The average Bonchev–Trinajstić information content (AvgIpc) is 1.37. The van der Waals surface area contributed by atoms with Gasteiger partial charge in [0.15, 0.2) is 0 Å². The molecule has 0 aliphatic carbocycles. The Kier molecular flexibility index (Phi) is 41.4. The van der Waals surface area contributed by atoms with Gasteiger partial charge in [-0.3, -0.25) is 0 Å². The predicted octanol–water partition coefficient (Wildman–Crippen LogP) is 1.07. The summed E-state index contributed by atoms with van der Waals surface area (Å²) in [7, 11) is 0. The summed E-state index contributed by atoms with van der Waals surface area (Å²) >= 11 is 2.35. The van der Waals surface area contributed by atoms with Crippen molar-refractivity contribution in [3.05, 3.63) is 0 Å². The van der Waals surface area contributed by atoms with Crippen LogP contribution in [0.1, 0.15) is 13.3 Å². The molecule has 28 valence electrons. The van der Waals surface area contributed by atoms with E-state index in [0.29, 0.717) is 0 Å². The van der Waals surface area contributed by atoms with Crippen LogP contribution < -0.4 is 0 Å². The average molecular weight is 216 g/mol. The molecule has 0 amide bonds. The molecule has 0 nitrogen and oxygen atoms in total. The minimum absolute atomic E-state index is 0. The van der Waals surface area contributed by atoms with Crippen molar-refractivity contribution >= 4 is 81.7 Å². The minimum Gasteiger partial charge on any atom is -0.0864 e. The van der Waals surface area contributed by atoms with Crippen LogP contribution in [0.2, 0.25) is 0 Å². The molecule has 0 fully saturated rings. The van der Waals surface area contributed by atoms with Crippen LogP contribution in [0.5, 0.6) is 0 Å². The van der Waals surface area contributed by atoms with Gasteiger partial charge in [-0.15, -0.1) is 0 Å². The minimum atomic E-state index is 0. The molecule has 6 heavy (non-hydrogen) atoms. The summed E-state index contributed by atoms with van der Waals surface area (Å²) in [6.45, 7) is 2.17. The van der Waals surface area contributed by atoms with E-state index in [4.69, 9.17) is 0 Å². The fraction of sp³-hybridized carbons (Fsp3) is 1.00. The van der Waals surface area contributed by atoms with Gasteiger partial charge in [-0.25, -0.2) is 0 Å². The van der Waals surface area contributed by atoms with E-state index in [-0.39, 0.29) is 59.1 Å². The van der Waals surface area contributed by atoms with Crippen molar-refractivity contribution in [2.75, 3.05) is 4.43 Å². The van der Waals surface area contributed by atoms with Crippen LogP contribution in [0.15, 0.2) is 0 Å². The van der Waals surface area contributed by atoms with Crippen molar-refractivity contribution < 1.29 is 0 Å². The fourth-order valence-electron chi connectivity index (χ4n) is 0. The second kappa shape index (κ2) is 15.6. The van der Waals surface area contributed by atoms with Crippen LogP contribution in [0.4, 0.5) is 0 Å². The van der Waals surface area contributed by atoms with E-state index >= 15 is 0 Å². The van der Waals surface area contributed by atoms with Gasteiger partial charge in [0, 0.05) is 59.1 Å². The Hall–Kier alpha value is 2.73. The summed E-state index contributed by atoms with van der Waals surface area (Å²) in [6, 6.07) is 0. The maximum atomic E-state index is 2.35. The zero-order chi connectivity index (χ0) is 3.41. The molecule has 2 radical (unpaired) electrons. The quantitative estimate of drug-likeness (QED) is 0.349. The van der Waals surface area contributed by atoms with Gasteiger partial charge in [0.1, 0.15) is 0 Å². The number of alkyl halides is 1. The molecule has 0 aliphatic heterocycles. The summed E-state index contributed by atoms with van der Waals surface area (Å²) in [5.41, 5.74) is 0. The molecule has 0 atom stereocenters. The van der Waals surface area contributed by atoms with Gasteiger partial charge in [-0.05, 0) is 10.8 Å². The number of halogens is 1. The molecule has 0 aromatic rings. The van der Waals surface area contributed by atoms with Gasteiger partial charge in [-0.2, -0.15) is 0 Å². The summed E-state index contributed by atoms with van der Waals surface area (Å²) < 4.78 is 1.29. The first-order chi connectivity index (χ1) is 1.91. The van der Waals surface area contributed by atoms with Crippen molar-refractivity contribution in [2.24, 2.45) is 0 Å². The third kappa shape index (κ3) is 15.9. The van der Waals surface area contributed by atoms with E-state index < -0.39 is 0 Å². The first-order valence-electron chi connectivity index (χ1n) is 1.47. The summed E-state index contributed by atoms with van der Waals surface area (Å²) in [6.07, 6.45) is 1.31. The van der Waals surface area contributed by atoms with Gasteiger partial charge in [0.2, 0.25) is 0 Å². The van der Waals surface area contributed by atoms with E-state index in [2.05, 4.69) is 29.5 Å². The molecule has 0 unspecified atom stereocenters. The zero-order valence-corrected chi connectivity index (χ0v) is 10.9. The van der Waals surface area contributed by atoms with Crippen molar-refractivity contribution in [3.8, 4) is 0 Å². The third-order valence-electron chi connectivity index (χ3n) is 0.189. The largest absolute Gasteiger partial charge is 0.0864 e. The molecule has 0 rings (SSSR count). The Bertz CT molecular complexity index is 10.8. The fourth-order valence-corrected chi connectivity index (χ4v) is 0. The van der Waals surface area contributed by atoms with Crippen molar-refractivity contribution in [3.63, 3.8) is 0 Å². The predicted molar refractivity (Wildman–Crippen MR) is 40.7 cm³/mol. The monoisotopic (exact) mass is 216 g/mol. The van der Waals surface area contributed by atoms with Crippen LogP contribution in [0.3, 0.4) is 0 Å². The van der Waals surface area contributed by atoms with E-state index in [1.54, 1.807) is 0 Å².